The zero-order chi connectivity index (χ0) is 17.3. The predicted octanol–water partition coefficient (Wildman–Crippen LogP) is 3.14. The van der Waals surface area contributed by atoms with Crippen LogP contribution < -0.4 is 10.2 Å². The zero-order valence-electron chi connectivity index (χ0n) is 14.1. The lowest BCUT2D eigenvalue weighted by Crippen LogP contribution is -2.40. The van der Waals surface area contributed by atoms with Gasteiger partial charge in [-0.05, 0) is 62.1 Å². The largest absolute Gasteiger partial charge is 0.444 e. The number of nitrogens with one attached hydrogen (secondary N) is 1. The molecular weight excluding hydrogens is 441 g/mol. The van der Waals surface area contributed by atoms with Crippen LogP contribution >= 0.6 is 33.9 Å². The van der Waals surface area contributed by atoms with Gasteiger partial charge in [0.05, 0.1) is 6.20 Å². The summed E-state index contributed by atoms with van der Waals surface area (Å²) in [5.41, 5.74) is -0.451. The normalized spacial score (nSPS) is 16.6. The van der Waals surface area contributed by atoms with Gasteiger partial charge in [-0.1, -0.05) is 11.3 Å². The number of amides is 1. The smallest absolute Gasteiger partial charge is 0.407 e. The molecule has 1 aliphatic heterocycles. The van der Waals surface area contributed by atoms with Gasteiger partial charge in [0.25, 0.3) is 0 Å². The molecule has 132 valence electrons. The number of carbonyl (C=O) groups excluding carboxylic acids is 1. The minimum absolute atomic E-state index is 0.333. The van der Waals surface area contributed by atoms with Gasteiger partial charge in [-0.2, -0.15) is 4.52 Å². The Morgan fingerprint density at radius 2 is 2.17 bits per heavy atom. The van der Waals surface area contributed by atoms with E-state index in [9.17, 15) is 4.79 Å². The maximum atomic E-state index is 11.7. The highest BCUT2D eigenvalue weighted by Gasteiger charge is 2.24. The van der Waals surface area contributed by atoms with Crippen molar-refractivity contribution in [1.82, 2.24) is 19.9 Å². The summed E-state index contributed by atoms with van der Waals surface area (Å²) in [6, 6.07) is 0. The fourth-order valence-corrected chi connectivity index (χ4v) is 4.22. The Labute approximate surface area is 158 Å². The van der Waals surface area contributed by atoms with Crippen LogP contribution in [-0.2, 0) is 4.74 Å². The molecule has 1 amide bonds. The first kappa shape index (κ1) is 17.7. The Bertz CT molecular complexity index is 715. The number of hydrogen-bond donors (Lipinski definition) is 1. The number of carbonyl (C=O) groups is 1. The molecule has 0 atom stereocenters. The number of alkyl carbamates (subject to hydrolysis) is 1. The van der Waals surface area contributed by atoms with E-state index < -0.39 is 5.60 Å². The van der Waals surface area contributed by atoms with Crippen molar-refractivity contribution >= 4 is 50.1 Å². The van der Waals surface area contributed by atoms with Crippen molar-refractivity contribution in [3.63, 3.8) is 0 Å². The number of hydrogen-bond acceptors (Lipinski definition) is 6. The van der Waals surface area contributed by atoms with Gasteiger partial charge in [0.2, 0.25) is 10.1 Å². The molecular formula is C15H22IN5O2S. The number of imidazole rings is 1. The van der Waals surface area contributed by atoms with Crippen molar-refractivity contribution in [2.45, 2.75) is 39.2 Å². The average molecular weight is 463 g/mol. The number of anilines is 1. The summed E-state index contributed by atoms with van der Waals surface area (Å²) in [4.78, 5) is 19.3. The van der Waals surface area contributed by atoms with Crippen LogP contribution in [0.25, 0.3) is 4.96 Å². The summed E-state index contributed by atoms with van der Waals surface area (Å²) in [6.07, 6.45) is 3.57. The molecule has 0 radical (unpaired) electrons. The zero-order valence-corrected chi connectivity index (χ0v) is 17.1. The quantitative estimate of drug-likeness (QED) is 0.709. The summed E-state index contributed by atoms with van der Waals surface area (Å²) in [5, 5.41) is 8.54. The fourth-order valence-electron chi connectivity index (χ4n) is 2.65. The molecule has 0 unspecified atom stereocenters. The summed E-state index contributed by atoms with van der Waals surface area (Å²) in [6.45, 7) is 8.19. The number of fused-ring (bicyclic) bond motifs is 1. The van der Waals surface area contributed by atoms with Gasteiger partial charge in [0, 0.05) is 19.6 Å². The van der Waals surface area contributed by atoms with E-state index in [0.717, 1.165) is 39.7 Å². The standard InChI is InChI=1S/C15H22IN5O2S/c1-15(2,3)23-14(22)18-8-10-4-6-20(7-5-10)13-19-21-11(16)9-17-12(21)24-13/h9-10H,4-8H2,1-3H3,(H,18,22). The Balaban J connectivity index is 1.48. The third-order valence-electron chi connectivity index (χ3n) is 3.85. The highest BCUT2D eigenvalue weighted by molar-refractivity contribution is 14.1. The Hall–Kier alpha value is -1.10. The number of rotatable bonds is 3. The molecule has 3 heterocycles. The lowest BCUT2D eigenvalue weighted by atomic mass is 9.97. The minimum Gasteiger partial charge on any atom is -0.444 e. The topological polar surface area (TPSA) is 71.8 Å². The second-order valence-corrected chi connectivity index (χ2v) is 9.01. The van der Waals surface area contributed by atoms with Crippen molar-refractivity contribution in [2.75, 3.05) is 24.5 Å². The summed E-state index contributed by atoms with van der Waals surface area (Å²) >= 11 is 3.86. The van der Waals surface area contributed by atoms with E-state index in [4.69, 9.17) is 4.74 Å². The monoisotopic (exact) mass is 463 g/mol. The highest BCUT2D eigenvalue weighted by Crippen LogP contribution is 2.28. The Morgan fingerprint density at radius 3 is 2.79 bits per heavy atom. The van der Waals surface area contributed by atoms with E-state index >= 15 is 0 Å². The molecule has 3 rings (SSSR count). The summed E-state index contributed by atoms with van der Waals surface area (Å²) in [5.74, 6) is 0.484. The molecule has 1 aliphatic rings. The van der Waals surface area contributed by atoms with Crippen molar-refractivity contribution < 1.29 is 9.53 Å². The Kier molecular flexibility index (Phi) is 5.19. The number of ether oxygens (including phenoxy) is 1. The highest BCUT2D eigenvalue weighted by atomic mass is 127. The van der Waals surface area contributed by atoms with Gasteiger partial charge in [-0.25, -0.2) is 9.78 Å². The molecule has 1 fully saturated rings. The van der Waals surface area contributed by atoms with E-state index in [1.54, 1.807) is 11.3 Å². The third-order valence-corrected chi connectivity index (χ3v) is 5.57. The first-order valence-electron chi connectivity index (χ1n) is 8.04. The van der Waals surface area contributed by atoms with Gasteiger partial charge in [0.15, 0.2) is 0 Å². The van der Waals surface area contributed by atoms with Crippen molar-refractivity contribution in [3.8, 4) is 0 Å². The van der Waals surface area contributed by atoms with E-state index in [-0.39, 0.29) is 6.09 Å². The molecule has 0 aliphatic carbocycles. The molecule has 0 saturated carbocycles. The predicted molar refractivity (Wildman–Crippen MR) is 103 cm³/mol. The molecule has 24 heavy (non-hydrogen) atoms. The molecule has 1 N–H and O–H groups in total. The number of nitrogens with zero attached hydrogens (tertiary/aromatic N) is 4. The molecule has 0 bridgehead atoms. The average Bonchev–Trinajstić information content (AvgIpc) is 3.07. The Morgan fingerprint density at radius 1 is 1.46 bits per heavy atom. The fraction of sp³-hybridized carbons (Fsp3) is 0.667. The minimum atomic E-state index is -0.451. The van der Waals surface area contributed by atoms with Crippen LogP contribution in [0.4, 0.5) is 9.93 Å². The van der Waals surface area contributed by atoms with E-state index in [1.807, 2.05) is 31.5 Å². The molecule has 2 aromatic heterocycles. The second kappa shape index (κ2) is 7.03. The number of halogens is 1. The van der Waals surface area contributed by atoms with Gasteiger partial charge >= 0.3 is 6.09 Å². The molecule has 7 nitrogen and oxygen atoms in total. The molecule has 2 aromatic rings. The van der Waals surface area contributed by atoms with E-state index in [0.29, 0.717) is 12.5 Å². The molecule has 1 saturated heterocycles. The lowest BCUT2D eigenvalue weighted by Gasteiger charge is -2.31. The van der Waals surface area contributed by atoms with Crippen LogP contribution in [0.3, 0.4) is 0 Å². The van der Waals surface area contributed by atoms with Gasteiger partial charge in [-0.15, -0.1) is 5.10 Å². The van der Waals surface area contributed by atoms with Crippen LogP contribution in [0.1, 0.15) is 33.6 Å². The number of aromatic nitrogens is 3. The lowest BCUT2D eigenvalue weighted by molar-refractivity contribution is 0.0517. The summed E-state index contributed by atoms with van der Waals surface area (Å²) < 4.78 is 8.19. The van der Waals surface area contributed by atoms with Crippen LogP contribution in [-0.4, -0.2) is 45.9 Å². The van der Waals surface area contributed by atoms with Crippen molar-refractivity contribution in [2.24, 2.45) is 5.92 Å². The van der Waals surface area contributed by atoms with E-state index in [1.165, 1.54) is 0 Å². The van der Waals surface area contributed by atoms with E-state index in [2.05, 4.69) is 42.9 Å². The van der Waals surface area contributed by atoms with Crippen molar-refractivity contribution in [3.05, 3.63) is 9.90 Å². The van der Waals surface area contributed by atoms with Gasteiger partial charge < -0.3 is 15.0 Å². The number of piperidine rings is 1. The maximum absolute atomic E-state index is 11.7. The molecule has 0 spiro atoms. The molecule has 0 aromatic carbocycles. The van der Waals surface area contributed by atoms with Crippen molar-refractivity contribution in [1.29, 1.82) is 0 Å². The second-order valence-electron chi connectivity index (χ2n) is 6.97. The van der Waals surface area contributed by atoms with Gasteiger partial charge in [-0.3, -0.25) is 0 Å². The van der Waals surface area contributed by atoms with Gasteiger partial charge in [0.1, 0.15) is 9.30 Å². The van der Waals surface area contributed by atoms with Crippen LogP contribution in [0.15, 0.2) is 6.20 Å². The van der Waals surface area contributed by atoms with Crippen LogP contribution in [0, 0.1) is 9.62 Å². The third kappa shape index (κ3) is 4.29. The molecule has 9 heteroatoms. The van der Waals surface area contributed by atoms with Crippen LogP contribution in [0.5, 0.6) is 0 Å². The SMILES string of the molecule is CC(C)(C)OC(=O)NCC1CCN(c2nn3c(I)cnc3s2)CC1. The maximum Gasteiger partial charge on any atom is 0.407 e. The first-order chi connectivity index (χ1) is 11.3. The summed E-state index contributed by atoms with van der Waals surface area (Å²) in [7, 11) is 0. The van der Waals surface area contributed by atoms with Crippen LogP contribution in [0.2, 0.25) is 0 Å². The first-order valence-corrected chi connectivity index (χ1v) is 9.93.